The molecule has 0 amide bonds. The molecule has 6 rings (SSSR count). The van der Waals surface area contributed by atoms with E-state index in [0.29, 0.717) is 11.4 Å². The molecule has 136 valence electrons. The number of fused-ring (bicyclic) bond motifs is 5. The Labute approximate surface area is 201 Å². The molecule has 0 saturated heterocycles. The maximum Gasteiger partial charge on any atom is 0 e. The Hall–Kier alpha value is -0.644. The van der Waals surface area contributed by atoms with Gasteiger partial charge in [-0.3, -0.25) is 0 Å². The summed E-state index contributed by atoms with van der Waals surface area (Å²) in [6, 6.07) is 11.1. The summed E-state index contributed by atoms with van der Waals surface area (Å²) < 4.78 is 13.2. The molecule has 1 aromatic heterocycles. The van der Waals surface area contributed by atoms with E-state index in [1.165, 1.54) is 34.2 Å². The number of allylic oxidation sites excluding steroid dienone is 1. The van der Waals surface area contributed by atoms with Crippen molar-refractivity contribution >= 4 is 38.4 Å². The third kappa shape index (κ3) is 2.95. The molecule has 3 aliphatic rings. The predicted molar refractivity (Wildman–Crippen MR) is 109 cm³/mol. The van der Waals surface area contributed by atoms with Crippen LogP contribution < -0.4 is 13.8 Å². The number of aromatic amines is 2. The summed E-state index contributed by atoms with van der Waals surface area (Å²) in [6.45, 7) is 0.591. The van der Waals surface area contributed by atoms with Crippen LogP contribution >= 0.6 is 12.2 Å². The van der Waals surface area contributed by atoms with Crippen LogP contribution in [0.1, 0.15) is 23.1 Å². The van der Waals surface area contributed by atoms with Crippen molar-refractivity contribution < 1.29 is 37.4 Å². The van der Waals surface area contributed by atoms with Gasteiger partial charge in [0.05, 0.1) is 0 Å². The molecule has 3 aromatic rings. The van der Waals surface area contributed by atoms with Gasteiger partial charge in [0.2, 0.25) is 0 Å². The Morgan fingerprint density at radius 1 is 1.07 bits per heavy atom. The quantitative estimate of drug-likeness (QED) is 0.147. The van der Waals surface area contributed by atoms with Crippen molar-refractivity contribution in [1.29, 1.82) is 0 Å². The van der Waals surface area contributed by atoms with E-state index in [1.54, 1.807) is 6.26 Å². The number of nitrogens with one attached hydrogen (secondary N) is 3. The third-order valence-electron chi connectivity index (χ3n) is 5.74. The van der Waals surface area contributed by atoms with E-state index in [9.17, 15) is 0 Å². The summed E-state index contributed by atoms with van der Waals surface area (Å²) in [7, 11) is 0. The van der Waals surface area contributed by atoms with E-state index in [-0.39, 0.29) is 32.7 Å². The number of H-pyrrole nitrogens is 2. The minimum Gasteiger partial charge on any atom is 0 e. The number of ether oxygens (including phenoxy) is 1. The van der Waals surface area contributed by atoms with Gasteiger partial charge in [0, 0.05) is 32.7 Å². The molecular weight excluding hydrogens is 640 g/mol. The molecule has 0 unspecified atom stereocenters. The van der Waals surface area contributed by atoms with Crippen LogP contribution in [0.4, 0.5) is 0 Å². The fourth-order valence-electron chi connectivity index (χ4n) is 4.37. The molecule has 3 heterocycles. The molecule has 0 spiro atoms. The zero-order valence-electron chi connectivity index (χ0n) is 15.1. The van der Waals surface area contributed by atoms with E-state index in [1.807, 2.05) is 6.20 Å². The van der Waals surface area contributed by atoms with E-state index in [4.69, 9.17) is 22.8 Å². The number of hydrogen-bond donors (Lipinski definition) is 4. The Morgan fingerprint density at radius 2 is 1.96 bits per heavy atom. The Morgan fingerprint density at radius 3 is 2.75 bits per heavy atom. The number of rotatable bonds is 2. The maximum atomic E-state index is 6.16. The van der Waals surface area contributed by atoms with Gasteiger partial charge in [-0.1, -0.05) is 0 Å². The van der Waals surface area contributed by atoms with Crippen molar-refractivity contribution in [1.82, 2.24) is 13.2 Å². The molecule has 0 bridgehead atoms. The van der Waals surface area contributed by atoms with Crippen molar-refractivity contribution in [2.75, 3.05) is 0 Å². The summed E-state index contributed by atoms with van der Waals surface area (Å²) in [5, 5.41) is 0. The second-order valence-electron chi connectivity index (χ2n) is 7.20. The van der Waals surface area contributed by atoms with Crippen molar-refractivity contribution in [2.45, 2.75) is 19.4 Å². The summed E-state index contributed by atoms with van der Waals surface area (Å²) >= 11 is 3.23. The van der Waals surface area contributed by atoms with Gasteiger partial charge in [0.1, 0.15) is 0 Å². The number of aromatic nitrogens is 2. The first-order valence-electron chi connectivity index (χ1n) is 9.02. The SMILES string of the molecule is N[NH][Pb]1[C]2=[C]1c1cc3c(cc1CC2)-c1ccc(-c2c[nH]c(=S)[nH]2)cc1CO3.[Y]. The van der Waals surface area contributed by atoms with Gasteiger partial charge in [0.15, 0.2) is 0 Å². The second-order valence-corrected chi connectivity index (χ2v) is 15.9. The Balaban J connectivity index is 0.00000171. The van der Waals surface area contributed by atoms with Gasteiger partial charge < -0.3 is 0 Å². The molecule has 0 saturated carbocycles. The standard InChI is InChI=1S/C20H14N2OS.H3N2.Pb.Y/c24-20-21-10-18(22-20)14-5-6-16-15(7-14)11-23-19-9-13-4-2-1-3-12(13)8-17(16)19;1-2;;/h5-10H,1,3,11H2,(H2,21,22,24);1H,2H2;;/q;-1;+1;. The molecule has 0 fully saturated rings. The van der Waals surface area contributed by atoms with Crippen LogP contribution in [0.25, 0.3) is 25.5 Å². The van der Waals surface area contributed by atoms with Crippen LogP contribution in [0, 0.1) is 4.77 Å². The van der Waals surface area contributed by atoms with E-state index >= 15 is 0 Å². The topological polar surface area (TPSA) is 78.9 Å². The van der Waals surface area contributed by atoms with E-state index in [2.05, 4.69) is 43.5 Å². The molecule has 2 radical (unpaired) electrons. The molecule has 5 N–H and O–H groups in total. The summed E-state index contributed by atoms with van der Waals surface area (Å²) in [5.41, 5.74) is 8.65. The molecule has 2 aliphatic heterocycles. The zero-order valence-corrected chi connectivity index (χ0v) is 22.6. The zero-order chi connectivity index (χ0) is 18.1. The normalized spacial score (nSPS) is 16.3. The minimum absolute atomic E-state index is 0. The molecule has 28 heavy (non-hydrogen) atoms. The smallest absolute Gasteiger partial charge is 0 e. The van der Waals surface area contributed by atoms with Gasteiger partial charge in [-0.05, 0) is 12.2 Å². The largest absolute Gasteiger partial charge is 0 e. The fraction of sp³-hybridized carbons (Fsp3) is 0.150. The van der Waals surface area contributed by atoms with Crippen molar-refractivity contribution in [3.05, 3.63) is 61.1 Å². The second kappa shape index (κ2) is 7.25. The number of aryl methyl sites for hydroxylation is 1. The summed E-state index contributed by atoms with van der Waals surface area (Å²) in [5.74, 6) is 6.77. The Kier molecular flexibility index (Phi) is 5.00. The van der Waals surface area contributed by atoms with E-state index in [0.717, 1.165) is 23.4 Å². The van der Waals surface area contributed by atoms with Crippen molar-refractivity contribution in [2.24, 2.45) is 5.84 Å². The average molecular weight is 658 g/mol. The molecule has 2 aromatic carbocycles. The monoisotopic (exact) mass is 658 g/mol. The van der Waals surface area contributed by atoms with Crippen molar-refractivity contribution in [3.8, 4) is 28.1 Å². The van der Waals surface area contributed by atoms with Crippen LogP contribution in [-0.2, 0) is 45.7 Å². The first-order chi connectivity index (χ1) is 13.2. The van der Waals surface area contributed by atoms with Crippen LogP contribution in [0.3, 0.4) is 0 Å². The summed E-state index contributed by atoms with van der Waals surface area (Å²) in [6.07, 6.45) is 4.21. The molecule has 0 atom stereocenters. The number of hydrogen-bond acceptors (Lipinski definition) is 4. The van der Waals surface area contributed by atoms with Gasteiger partial charge >= 0.3 is 159 Å². The molecule has 5 nitrogen and oxygen atoms in total. The maximum absolute atomic E-state index is 6.16. The number of imidazole rings is 1. The number of nitrogens with two attached hydrogens (primary N) is 1. The van der Waals surface area contributed by atoms with Gasteiger partial charge in [-0.25, -0.2) is 0 Å². The van der Waals surface area contributed by atoms with Crippen LogP contribution in [-0.4, -0.2) is 33.0 Å². The first-order valence-corrected chi connectivity index (χ1v) is 15.3. The molecular formula is C20H17N4OPbSY. The van der Waals surface area contributed by atoms with Crippen LogP contribution in [0.2, 0.25) is 0 Å². The average Bonchev–Trinajstić information content (AvgIpc) is 3.27. The minimum atomic E-state index is -1.92. The molecule has 8 heteroatoms. The summed E-state index contributed by atoms with van der Waals surface area (Å²) in [4.78, 5) is 6.21. The van der Waals surface area contributed by atoms with Crippen molar-refractivity contribution in [3.63, 3.8) is 0 Å². The van der Waals surface area contributed by atoms with Gasteiger partial charge in [0.25, 0.3) is 0 Å². The molecule has 1 aliphatic carbocycles. The predicted octanol–water partition coefficient (Wildman–Crippen LogP) is 3.54. The third-order valence-corrected chi connectivity index (χ3v) is 14.6. The fourth-order valence-corrected chi connectivity index (χ4v) is 14.1. The van der Waals surface area contributed by atoms with Gasteiger partial charge in [-0.2, -0.15) is 0 Å². The van der Waals surface area contributed by atoms with Gasteiger partial charge in [-0.15, -0.1) is 0 Å². The Bertz CT molecular complexity index is 1220. The number of benzene rings is 2. The van der Waals surface area contributed by atoms with Crippen LogP contribution in [0.15, 0.2) is 39.7 Å². The van der Waals surface area contributed by atoms with E-state index < -0.39 is 23.0 Å². The number of hydrazine groups is 1. The first kappa shape index (κ1) is 19.3. The van der Waals surface area contributed by atoms with Crippen LogP contribution in [0.5, 0.6) is 5.75 Å².